The van der Waals surface area contributed by atoms with E-state index in [0.717, 1.165) is 36.2 Å². The van der Waals surface area contributed by atoms with Gasteiger partial charge in [-0.3, -0.25) is 9.59 Å². The lowest BCUT2D eigenvalue weighted by atomic mass is 9.95. The molecule has 0 atom stereocenters. The number of benzene rings is 2. The second-order valence-electron chi connectivity index (χ2n) is 8.02. The second kappa shape index (κ2) is 10.9. The molecular weight excluding hydrogens is 450 g/mol. The summed E-state index contributed by atoms with van der Waals surface area (Å²) < 4.78 is 25.6. The van der Waals surface area contributed by atoms with Crippen LogP contribution in [0.4, 0.5) is 5.69 Å². The maximum Gasteiger partial charge on any atom is 0.253 e. The van der Waals surface area contributed by atoms with E-state index in [4.69, 9.17) is 11.6 Å². The van der Waals surface area contributed by atoms with Gasteiger partial charge >= 0.3 is 0 Å². The van der Waals surface area contributed by atoms with Crippen molar-refractivity contribution in [3.05, 3.63) is 64.7 Å². The zero-order valence-electron chi connectivity index (χ0n) is 18.0. The smallest absolute Gasteiger partial charge is 0.253 e. The van der Waals surface area contributed by atoms with Crippen molar-refractivity contribution in [2.24, 2.45) is 0 Å². The molecule has 172 valence electrons. The Morgan fingerprint density at radius 3 is 2.38 bits per heavy atom. The number of hydrogen-bond acceptors (Lipinski definition) is 4. The van der Waals surface area contributed by atoms with Gasteiger partial charge in [0, 0.05) is 17.6 Å². The van der Waals surface area contributed by atoms with Gasteiger partial charge in [-0.05, 0) is 36.6 Å². The molecule has 0 aliphatic heterocycles. The van der Waals surface area contributed by atoms with Crippen LogP contribution in [0.3, 0.4) is 0 Å². The Balaban J connectivity index is 1.70. The highest BCUT2D eigenvalue weighted by Crippen LogP contribution is 2.21. The topological polar surface area (TPSA) is 95.6 Å². The highest BCUT2D eigenvalue weighted by Gasteiger charge is 2.23. The summed E-state index contributed by atoms with van der Waals surface area (Å²) in [6.07, 6.45) is 6.32. The number of halogens is 1. The first-order valence-electron chi connectivity index (χ1n) is 10.6. The fourth-order valence-electron chi connectivity index (χ4n) is 3.76. The predicted octanol–water partition coefficient (Wildman–Crippen LogP) is 3.80. The summed E-state index contributed by atoms with van der Waals surface area (Å²) in [5.41, 5.74) is 1.29. The van der Waals surface area contributed by atoms with Gasteiger partial charge in [0.15, 0.2) is 0 Å². The zero-order valence-corrected chi connectivity index (χ0v) is 19.6. The van der Waals surface area contributed by atoms with E-state index in [1.807, 2.05) is 0 Å². The van der Waals surface area contributed by atoms with Gasteiger partial charge < -0.3 is 10.6 Å². The third kappa shape index (κ3) is 6.79. The zero-order chi connectivity index (χ0) is 23.1. The molecule has 1 fully saturated rings. The number of sulfonamides is 1. The molecule has 0 unspecified atom stereocenters. The number of rotatable bonds is 8. The normalized spacial score (nSPS) is 14.8. The van der Waals surface area contributed by atoms with E-state index in [9.17, 15) is 18.0 Å². The van der Waals surface area contributed by atoms with E-state index < -0.39 is 22.5 Å². The second-order valence-corrected chi connectivity index (χ2v) is 10.4. The summed E-state index contributed by atoms with van der Waals surface area (Å²) in [6.45, 7) is -0.432. The molecule has 3 rings (SSSR count). The number of nitrogens with one attached hydrogen (secondary N) is 2. The predicted molar refractivity (Wildman–Crippen MR) is 126 cm³/mol. The van der Waals surface area contributed by atoms with Crippen LogP contribution >= 0.6 is 11.6 Å². The molecule has 0 aromatic heterocycles. The van der Waals surface area contributed by atoms with Crippen LogP contribution in [0.5, 0.6) is 0 Å². The number of amides is 2. The number of hydrogen-bond donors (Lipinski definition) is 2. The largest absolute Gasteiger partial charge is 0.349 e. The fourth-order valence-corrected chi connectivity index (χ4v) is 4.68. The Kier molecular flexibility index (Phi) is 8.28. The molecule has 2 N–H and O–H groups in total. The lowest BCUT2D eigenvalue weighted by Gasteiger charge is -2.23. The average Bonchev–Trinajstić information content (AvgIpc) is 2.75. The molecule has 1 saturated carbocycles. The Bertz CT molecular complexity index is 1070. The minimum atomic E-state index is -3.68. The van der Waals surface area contributed by atoms with E-state index in [0.29, 0.717) is 21.8 Å². The minimum absolute atomic E-state index is 0.0320. The molecule has 1 aliphatic carbocycles. The van der Waals surface area contributed by atoms with Crippen LogP contribution < -0.4 is 10.6 Å². The van der Waals surface area contributed by atoms with E-state index in [1.54, 1.807) is 48.5 Å². The van der Waals surface area contributed by atoms with Crippen LogP contribution in [-0.4, -0.2) is 43.4 Å². The molecule has 1 aliphatic rings. The van der Waals surface area contributed by atoms with Crippen molar-refractivity contribution in [3.63, 3.8) is 0 Å². The van der Waals surface area contributed by atoms with Crippen molar-refractivity contribution >= 4 is 39.1 Å². The van der Waals surface area contributed by atoms with E-state index in [1.165, 1.54) is 6.42 Å². The van der Waals surface area contributed by atoms with E-state index in [2.05, 4.69) is 10.6 Å². The van der Waals surface area contributed by atoms with Crippen molar-refractivity contribution in [1.29, 1.82) is 0 Å². The first-order valence-corrected chi connectivity index (χ1v) is 12.8. The quantitative estimate of drug-likeness (QED) is 0.604. The number of para-hydroxylation sites is 1. The molecule has 0 spiro atoms. The summed E-state index contributed by atoms with van der Waals surface area (Å²) in [4.78, 5) is 25.5. The summed E-state index contributed by atoms with van der Waals surface area (Å²) in [7, 11) is -3.68. The molecule has 0 bridgehead atoms. The van der Waals surface area contributed by atoms with Gasteiger partial charge in [-0.15, -0.1) is 0 Å². The van der Waals surface area contributed by atoms with Crippen LogP contribution in [0.25, 0.3) is 0 Å². The highest BCUT2D eigenvalue weighted by molar-refractivity contribution is 7.88. The van der Waals surface area contributed by atoms with Gasteiger partial charge in [0.25, 0.3) is 5.91 Å². The third-order valence-electron chi connectivity index (χ3n) is 5.48. The van der Waals surface area contributed by atoms with Crippen LogP contribution in [0.15, 0.2) is 48.5 Å². The maximum absolute atomic E-state index is 12.8. The lowest BCUT2D eigenvalue weighted by Crippen LogP contribution is -2.38. The Morgan fingerprint density at radius 2 is 1.69 bits per heavy atom. The number of carbonyl (C=O) groups is 2. The fraction of sp³-hybridized carbons (Fsp3) is 0.391. The van der Waals surface area contributed by atoms with Crippen molar-refractivity contribution in [2.75, 3.05) is 18.1 Å². The highest BCUT2D eigenvalue weighted by atomic mass is 35.5. The summed E-state index contributed by atoms with van der Waals surface area (Å²) >= 11 is 6.15. The van der Waals surface area contributed by atoms with Gasteiger partial charge in [-0.1, -0.05) is 61.2 Å². The molecule has 7 nitrogen and oxygen atoms in total. The summed E-state index contributed by atoms with van der Waals surface area (Å²) in [5.74, 6) is -0.788. The van der Waals surface area contributed by atoms with Crippen LogP contribution in [0.2, 0.25) is 5.02 Å². The number of anilines is 1. The molecular formula is C23H28ClN3O4S. The SMILES string of the molecule is CS(=O)(=O)N(CC(=O)Nc1ccccc1C(=O)NC1CCCCC1)Cc1ccccc1Cl. The van der Waals surface area contributed by atoms with Gasteiger partial charge in [-0.25, -0.2) is 8.42 Å². The van der Waals surface area contributed by atoms with Crippen LogP contribution in [0, 0.1) is 0 Å². The standard InChI is InChI=1S/C23H28ClN3O4S/c1-32(30,31)27(15-17-9-5-7-13-20(17)24)16-22(28)26-21-14-8-6-12-19(21)23(29)25-18-10-3-2-4-11-18/h5-9,12-14,18H,2-4,10-11,15-16H2,1H3,(H,25,29)(H,26,28). The Labute approximate surface area is 194 Å². The molecule has 2 aromatic rings. The van der Waals surface area contributed by atoms with Crippen molar-refractivity contribution in [3.8, 4) is 0 Å². The van der Waals surface area contributed by atoms with Crippen molar-refractivity contribution in [1.82, 2.24) is 9.62 Å². The van der Waals surface area contributed by atoms with Gasteiger partial charge in [-0.2, -0.15) is 4.31 Å². The van der Waals surface area contributed by atoms with Crippen LogP contribution in [-0.2, 0) is 21.4 Å². The van der Waals surface area contributed by atoms with Crippen LogP contribution in [0.1, 0.15) is 48.0 Å². The van der Waals surface area contributed by atoms with Gasteiger partial charge in [0.05, 0.1) is 24.1 Å². The minimum Gasteiger partial charge on any atom is -0.349 e. The van der Waals surface area contributed by atoms with Crippen molar-refractivity contribution < 1.29 is 18.0 Å². The molecule has 0 saturated heterocycles. The molecule has 0 radical (unpaired) electrons. The number of carbonyl (C=O) groups excluding carboxylic acids is 2. The number of nitrogens with zero attached hydrogens (tertiary/aromatic N) is 1. The lowest BCUT2D eigenvalue weighted by molar-refractivity contribution is -0.116. The first-order chi connectivity index (χ1) is 15.2. The molecule has 2 aromatic carbocycles. The maximum atomic E-state index is 12.8. The Morgan fingerprint density at radius 1 is 1.03 bits per heavy atom. The average molecular weight is 478 g/mol. The third-order valence-corrected chi connectivity index (χ3v) is 7.04. The first kappa shape index (κ1) is 24.2. The molecule has 0 heterocycles. The van der Waals surface area contributed by atoms with E-state index in [-0.39, 0.29) is 18.5 Å². The summed E-state index contributed by atoms with van der Waals surface area (Å²) in [6, 6.07) is 13.7. The van der Waals surface area contributed by atoms with E-state index >= 15 is 0 Å². The monoisotopic (exact) mass is 477 g/mol. The summed E-state index contributed by atoms with van der Waals surface area (Å²) in [5, 5.41) is 6.16. The molecule has 2 amide bonds. The van der Waals surface area contributed by atoms with Gasteiger partial charge in [0.1, 0.15) is 0 Å². The molecule has 32 heavy (non-hydrogen) atoms. The van der Waals surface area contributed by atoms with Gasteiger partial charge in [0.2, 0.25) is 15.9 Å². The Hall–Kier alpha value is -2.42. The molecule has 9 heteroatoms. The van der Waals surface area contributed by atoms with Crippen molar-refractivity contribution in [2.45, 2.75) is 44.7 Å².